The number of benzene rings is 2. The van der Waals surface area contributed by atoms with E-state index in [0.717, 1.165) is 24.6 Å². The SMILES string of the molecule is COc1ccc(CNCCSc2ccccc2)cc1Cl. The van der Waals surface area contributed by atoms with Crippen molar-refractivity contribution in [3.63, 3.8) is 0 Å². The molecule has 0 bridgehead atoms. The van der Waals surface area contributed by atoms with Crippen LogP contribution >= 0.6 is 23.4 Å². The van der Waals surface area contributed by atoms with Gasteiger partial charge in [-0.2, -0.15) is 0 Å². The Kier molecular flexibility index (Phi) is 6.25. The van der Waals surface area contributed by atoms with E-state index in [1.165, 1.54) is 10.5 Å². The van der Waals surface area contributed by atoms with Crippen LogP contribution in [-0.4, -0.2) is 19.4 Å². The largest absolute Gasteiger partial charge is 0.495 e. The second kappa shape index (κ2) is 8.20. The van der Waals surface area contributed by atoms with Gasteiger partial charge in [0.25, 0.3) is 0 Å². The first-order chi connectivity index (χ1) is 9.79. The van der Waals surface area contributed by atoms with Gasteiger partial charge in [-0.15, -0.1) is 11.8 Å². The van der Waals surface area contributed by atoms with Crippen molar-refractivity contribution in [3.8, 4) is 5.75 Å². The maximum atomic E-state index is 6.09. The summed E-state index contributed by atoms with van der Waals surface area (Å²) in [4.78, 5) is 1.31. The molecule has 0 aliphatic carbocycles. The van der Waals surface area contributed by atoms with Crippen LogP contribution in [0.4, 0.5) is 0 Å². The van der Waals surface area contributed by atoms with Crippen molar-refractivity contribution < 1.29 is 4.74 Å². The van der Waals surface area contributed by atoms with E-state index >= 15 is 0 Å². The predicted molar refractivity (Wildman–Crippen MR) is 86.9 cm³/mol. The van der Waals surface area contributed by atoms with Gasteiger partial charge < -0.3 is 10.1 Å². The lowest BCUT2D eigenvalue weighted by Gasteiger charge is -2.07. The first-order valence-electron chi connectivity index (χ1n) is 6.50. The molecule has 0 atom stereocenters. The number of nitrogens with one attached hydrogen (secondary N) is 1. The van der Waals surface area contributed by atoms with Gasteiger partial charge in [-0.3, -0.25) is 0 Å². The van der Waals surface area contributed by atoms with Crippen molar-refractivity contribution in [1.29, 1.82) is 0 Å². The highest BCUT2D eigenvalue weighted by atomic mass is 35.5. The summed E-state index contributed by atoms with van der Waals surface area (Å²) in [7, 11) is 1.62. The molecule has 0 saturated carbocycles. The third-order valence-electron chi connectivity index (χ3n) is 2.84. The molecular formula is C16H18ClNOS. The fourth-order valence-electron chi connectivity index (χ4n) is 1.81. The van der Waals surface area contributed by atoms with Gasteiger partial charge in [0.05, 0.1) is 12.1 Å². The molecule has 0 aromatic heterocycles. The van der Waals surface area contributed by atoms with E-state index < -0.39 is 0 Å². The quantitative estimate of drug-likeness (QED) is 0.611. The van der Waals surface area contributed by atoms with E-state index in [0.29, 0.717) is 5.02 Å². The number of hydrogen-bond donors (Lipinski definition) is 1. The minimum atomic E-state index is 0.658. The Morgan fingerprint density at radius 3 is 2.65 bits per heavy atom. The first kappa shape index (κ1) is 15.2. The fraction of sp³-hybridized carbons (Fsp3) is 0.250. The van der Waals surface area contributed by atoms with Crippen LogP contribution in [-0.2, 0) is 6.54 Å². The summed E-state index contributed by atoms with van der Waals surface area (Å²) in [6, 6.07) is 16.3. The Morgan fingerprint density at radius 2 is 1.95 bits per heavy atom. The Morgan fingerprint density at radius 1 is 1.15 bits per heavy atom. The van der Waals surface area contributed by atoms with E-state index in [-0.39, 0.29) is 0 Å². The van der Waals surface area contributed by atoms with Crippen molar-refractivity contribution in [1.82, 2.24) is 5.32 Å². The average Bonchev–Trinajstić information content (AvgIpc) is 2.48. The van der Waals surface area contributed by atoms with E-state index in [9.17, 15) is 0 Å². The van der Waals surface area contributed by atoms with Gasteiger partial charge >= 0.3 is 0 Å². The van der Waals surface area contributed by atoms with Gasteiger partial charge in [0, 0.05) is 23.7 Å². The molecule has 0 aliphatic rings. The second-order valence-corrected chi connectivity index (χ2v) is 5.88. The summed E-state index contributed by atoms with van der Waals surface area (Å²) in [5, 5.41) is 4.07. The van der Waals surface area contributed by atoms with Gasteiger partial charge in [0.1, 0.15) is 5.75 Å². The highest BCUT2D eigenvalue weighted by Gasteiger charge is 2.01. The molecule has 2 rings (SSSR count). The summed E-state index contributed by atoms with van der Waals surface area (Å²) in [5.74, 6) is 1.77. The maximum Gasteiger partial charge on any atom is 0.137 e. The van der Waals surface area contributed by atoms with Gasteiger partial charge in [-0.25, -0.2) is 0 Å². The monoisotopic (exact) mass is 307 g/mol. The van der Waals surface area contributed by atoms with Crippen LogP contribution in [0.3, 0.4) is 0 Å². The minimum absolute atomic E-state index is 0.658. The zero-order chi connectivity index (χ0) is 14.2. The number of halogens is 1. The summed E-state index contributed by atoms with van der Waals surface area (Å²) in [6.07, 6.45) is 0. The molecule has 2 aromatic rings. The van der Waals surface area contributed by atoms with Crippen LogP contribution in [0.1, 0.15) is 5.56 Å². The van der Waals surface area contributed by atoms with E-state index in [4.69, 9.17) is 16.3 Å². The summed E-state index contributed by atoms with van der Waals surface area (Å²) in [6.45, 7) is 1.78. The van der Waals surface area contributed by atoms with Crippen molar-refractivity contribution in [2.75, 3.05) is 19.4 Å². The van der Waals surface area contributed by atoms with Gasteiger partial charge in [0.2, 0.25) is 0 Å². The maximum absolute atomic E-state index is 6.09. The van der Waals surface area contributed by atoms with Crippen LogP contribution < -0.4 is 10.1 Å². The molecule has 0 heterocycles. The normalized spacial score (nSPS) is 10.5. The van der Waals surface area contributed by atoms with Gasteiger partial charge in [-0.1, -0.05) is 35.9 Å². The molecule has 0 saturated heterocycles. The number of rotatable bonds is 7. The molecule has 2 nitrogen and oxygen atoms in total. The summed E-state index contributed by atoms with van der Waals surface area (Å²) in [5.41, 5.74) is 1.17. The van der Waals surface area contributed by atoms with Crippen LogP contribution in [0.25, 0.3) is 0 Å². The van der Waals surface area contributed by atoms with Crippen molar-refractivity contribution >= 4 is 23.4 Å². The molecule has 0 aliphatic heterocycles. The molecule has 0 radical (unpaired) electrons. The smallest absolute Gasteiger partial charge is 0.137 e. The predicted octanol–water partition coefficient (Wildman–Crippen LogP) is 4.23. The highest BCUT2D eigenvalue weighted by Crippen LogP contribution is 2.24. The number of ether oxygens (including phenoxy) is 1. The number of thioether (sulfide) groups is 1. The highest BCUT2D eigenvalue weighted by molar-refractivity contribution is 7.99. The van der Waals surface area contributed by atoms with E-state index in [1.807, 2.05) is 36.0 Å². The van der Waals surface area contributed by atoms with Crippen molar-refractivity contribution in [3.05, 3.63) is 59.1 Å². The van der Waals surface area contributed by atoms with Crippen LogP contribution in [0, 0.1) is 0 Å². The molecule has 106 valence electrons. The Hall–Kier alpha value is -1.16. The van der Waals surface area contributed by atoms with Gasteiger partial charge in [-0.05, 0) is 29.8 Å². The first-order valence-corrected chi connectivity index (χ1v) is 7.87. The van der Waals surface area contributed by atoms with E-state index in [2.05, 4.69) is 29.6 Å². The van der Waals surface area contributed by atoms with Gasteiger partial charge in [0.15, 0.2) is 0 Å². The van der Waals surface area contributed by atoms with Crippen molar-refractivity contribution in [2.24, 2.45) is 0 Å². The summed E-state index contributed by atoms with van der Waals surface area (Å²) < 4.78 is 5.14. The zero-order valence-corrected chi connectivity index (χ0v) is 13.0. The molecule has 20 heavy (non-hydrogen) atoms. The molecule has 0 unspecified atom stereocenters. The molecule has 1 N–H and O–H groups in total. The Labute approximate surface area is 129 Å². The number of methoxy groups -OCH3 is 1. The van der Waals surface area contributed by atoms with Crippen molar-refractivity contribution in [2.45, 2.75) is 11.4 Å². The molecule has 4 heteroatoms. The minimum Gasteiger partial charge on any atom is -0.495 e. The lowest BCUT2D eigenvalue weighted by molar-refractivity contribution is 0.415. The van der Waals surface area contributed by atoms with E-state index in [1.54, 1.807) is 7.11 Å². The second-order valence-electron chi connectivity index (χ2n) is 4.31. The fourth-order valence-corrected chi connectivity index (χ4v) is 2.92. The molecule has 2 aromatic carbocycles. The topological polar surface area (TPSA) is 21.3 Å². The number of hydrogen-bond acceptors (Lipinski definition) is 3. The average molecular weight is 308 g/mol. The standard InChI is InChI=1S/C16H18ClNOS/c1-19-16-8-7-13(11-15(16)17)12-18-9-10-20-14-5-3-2-4-6-14/h2-8,11,18H,9-10,12H2,1H3. The van der Waals surface area contributed by atoms with Crippen LogP contribution in [0.2, 0.25) is 5.02 Å². The summed E-state index contributed by atoms with van der Waals surface area (Å²) >= 11 is 7.95. The van der Waals surface area contributed by atoms with Crippen LogP contribution in [0.5, 0.6) is 5.75 Å². The molecule has 0 spiro atoms. The third-order valence-corrected chi connectivity index (χ3v) is 4.15. The third kappa shape index (κ3) is 4.75. The molecule has 0 fully saturated rings. The zero-order valence-electron chi connectivity index (χ0n) is 11.4. The lowest BCUT2D eigenvalue weighted by Crippen LogP contribution is -2.16. The molecule has 0 amide bonds. The van der Waals surface area contributed by atoms with Crippen LogP contribution in [0.15, 0.2) is 53.4 Å². The Balaban J connectivity index is 1.69. The molecular weight excluding hydrogens is 290 g/mol. The lowest BCUT2D eigenvalue weighted by atomic mass is 10.2. The Bertz CT molecular complexity index is 533.